The quantitative estimate of drug-likeness (QED) is 0.140. The maximum absolute atomic E-state index is 6.01. The molecular formula is C38H38O8. The Labute approximate surface area is 269 Å². The van der Waals surface area contributed by atoms with Crippen molar-refractivity contribution in [3.05, 3.63) is 119 Å². The minimum absolute atomic E-state index is 0.0248. The minimum Gasteiger partial charge on any atom is -0.491 e. The molecule has 0 spiro atoms. The first kappa shape index (κ1) is 29.3. The zero-order chi connectivity index (χ0) is 30.7. The molecule has 0 amide bonds. The van der Waals surface area contributed by atoms with Crippen LogP contribution >= 0.6 is 0 Å². The van der Waals surface area contributed by atoms with Gasteiger partial charge in [0.2, 0.25) is 12.6 Å². The molecule has 0 aromatic heterocycles. The normalized spacial score (nSPS) is 24.1. The molecule has 4 saturated heterocycles. The SMILES string of the molecule is c1cc(C(c2ccc(OC3CCO3)cc2)C(c2ccc(OCC3CO3)cc2)c2ccc(OC3CCO3)cc2)ccc1OCC1CO1. The summed E-state index contributed by atoms with van der Waals surface area (Å²) in [5, 5.41) is 0. The van der Waals surface area contributed by atoms with Gasteiger partial charge < -0.3 is 37.9 Å². The van der Waals surface area contributed by atoms with E-state index in [0.29, 0.717) is 13.2 Å². The van der Waals surface area contributed by atoms with Crippen molar-refractivity contribution in [1.82, 2.24) is 0 Å². The van der Waals surface area contributed by atoms with Gasteiger partial charge in [0.25, 0.3) is 0 Å². The molecule has 46 heavy (non-hydrogen) atoms. The van der Waals surface area contributed by atoms with Crippen LogP contribution in [0, 0.1) is 0 Å². The Morgan fingerprint density at radius 2 is 0.761 bits per heavy atom. The molecule has 0 radical (unpaired) electrons. The first-order valence-electron chi connectivity index (χ1n) is 16.2. The summed E-state index contributed by atoms with van der Waals surface area (Å²) in [6.45, 7) is 4.16. The summed E-state index contributed by atoms with van der Waals surface area (Å²) in [5.41, 5.74) is 4.68. The van der Waals surface area contributed by atoms with E-state index >= 15 is 0 Å². The monoisotopic (exact) mass is 622 g/mol. The first-order chi connectivity index (χ1) is 22.7. The largest absolute Gasteiger partial charge is 0.491 e. The highest BCUT2D eigenvalue weighted by atomic mass is 16.7. The Morgan fingerprint density at radius 3 is 1.02 bits per heavy atom. The molecule has 8 rings (SSSR count). The van der Waals surface area contributed by atoms with Crippen molar-refractivity contribution in [2.24, 2.45) is 0 Å². The fourth-order valence-electron chi connectivity index (χ4n) is 5.83. The Hall–Kier alpha value is -4.08. The van der Waals surface area contributed by atoms with Gasteiger partial charge in [-0.25, -0.2) is 0 Å². The standard InChI is InChI=1S/C38H38O8/c1-9-29(41-21-33-23-43-33)10-2-25(1)37(27-5-13-31(14-6-27)45-35-17-19-39-35)38(26-3-11-30(12-4-26)42-22-34-24-44-34)28-7-15-32(16-8-28)46-36-18-20-40-36/h1-16,33-38H,17-24H2. The number of epoxide rings is 2. The number of benzene rings is 4. The lowest BCUT2D eigenvalue weighted by Gasteiger charge is -2.31. The van der Waals surface area contributed by atoms with Gasteiger partial charge in [0, 0.05) is 24.7 Å². The molecule has 0 aliphatic carbocycles. The van der Waals surface area contributed by atoms with E-state index in [2.05, 4.69) is 72.8 Å². The lowest BCUT2D eigenvalue weighted by Crippen LogP contribution is -2.32. The fourth-order valence-corrected chi connectivity index (χ4v) is 5.83. The van der Waals surface area contributed by atoms with Crippen molar-refractivity contribution in [3.8, 4) is 23.0 Å². The van der Waals surface area contributed by atoms with Crippen LogP contribution in [-0.2, 0) is 18.9 Å². The van der Waals surface area contributed by atoms with Crippen LogP contribution in [0.25, 0.3) is 0 Å². The molecule has 8 nitrogen and oxygen atoms in total. The van der Waals surface area contributed by atoms with Crippen LogP contribution in [0.5, 0.6) is 23.0 Å². The van der Waals surface area contributed by atoms with Gasteiger partial charge in [-0.2, -0.15) is 0 Å². The molecule has 0 bridgehead atoms. The topological polar surface area (TPSA) is 80.4 Å². The van der Waals surface area contributed by atoms with Crippen LogP contribution in [0.4, 0.5) is 0 Å². The molecule has 0 N–H and O–H groups in total. The molecule has 6 atom stereocenters. The fraction of sp³-hybridized carbons (Fsp3) is 0.368. The molecule has 238 valence electrons. The second-order valence-corrected chi connectivity index (χ2v) is 12.2. The van der Waals surface area contributed by atoms with Gasteiger partial charge in [-0.05, 0) is 70.8 Å². The zero-order valence-corrected chi connectivity index (χ0v) is 25.6. The summed E-state index contributed by atoms with van der Waals surface area (Å²) < 4.78 is 45.6. The van der Waals surface area contributed by atoms with Crippen LogP contribution in [-0.4, -0.2) is 64.4 Å². The molecule has 4 fully saturated rings. The zero-order valence-electron chi connectivity index (χ0n) is 25.6. The summed E-state index contributed by atoms with van der Waals surface area (Å²) >= 11 is 0. The van der Waals surface area contributed by atoms with Crippen molar-refractivity contribution in [2.45, 2.75) is 49.5 Å². The molecule has 8 heteroatoms. The number of hydrogen-bond acceptors (Lipinski definition) is 8. The summed E-state index contributed by atoms with van der Waals surface area (Å²) in [7, 11) is 0. The Morgan fingerprint density at radius 1 is 0.457 bits per heavy atom. The van der Waals surface area contributed by atoms with Crippen molar-refractivity contribution in [1.29, 1.82) is 0 Å². The van der Waals surface area contributed by atoms with Gasteiger partial charge >= 0.3 is 0 Å². The Kier molecular flexibility index (Phi) is 8.51. The minimum atomic E-state index is -0.166. The van der Waals surface area contributed by atoms with Gasteiger partial charge in [-0.3, -0.25) is 0 Å². The first-order valence-corrected chi connectivity index (χ1v) is 16.2. The van der Waals surface area contributed by atoms with Crippen molar-refractivity contribution >= 4 is 0 Å². The predicted octanol–water partition coefficient (Wildman–Crippen LogP) is 6.46. The van der Waals surface area contributed by atoms with E-state index in [1.54, 1.807) is 0 Å². The van der Waals surface area contributed by atoms with E-state index in [-0.39, 0.29) is 36.6 Å². The Balaban J connectivity index is 1.14. The molecule has 6 unspecified atom stereocenters. The van der Waals surface area contributed by atoms with Crippen LogP contribution in [0.1, 0.15) is 46.9 Å². The second-order valence-electron chi connectivity index (χ2n) is 12.2. The molecule has 4 aromatic carbocycles. The van der Waals surface area contributed by atoms with Crippen molar-refractivity contribution in [3.63, 3.8) is 0 Å². The summed E-state index contributed by atoms with van der Waals surface area (Å²) in [4.78, 5) is 0. The van der Waals surface area contributed by atoms with Crippen molar-refractivity contribution < 1.29 is 37.9 Å². The lowest BCUT2D eigenvalue weighted by atomic mass is 9.73. The molecule has 4 heterocycles. The van der Waals surface area contributed by atoms with Crippen LogP contribution in [0.3, 0.4) is 0 Å². The highest BCUT2D eigenvalue weighted by Crippen LogP contribution is 2.44. The van der Waals surface area contributed by atoms with Crippen molar-refractivity contribution in [2.75, 3.05) is 39.6 Å². The third kappa shape index (κ3) is 7.16. The molecule has 0 saturated carbocycles. The van der Waals surface area contributed by atoms with E-state index in [9.17, 15) is 0 Å². The molecule has 4 aliphatic rings. The maximum atomic E-state index is 6.01. The van der Waals surface area contributed by atoms with Gasteiger partial charge in [0.05, 0.1) is 26.4 Å². The molecule has 4 aromatic rings. The van der Waals surface area contributed by atoms with Gasteiger partial charge in [0.1, 0.15) is 48.4 Å². The number of rotatable bonds is 15. The van der Waals surface area contributed by atoms with Crippen LogP contribution < -0.4 is 18.9 Å². The average molecular weight is 623 g/mol. The van der Waals surface area contributed by atoms with Crippen LogP contribution in [0.15, 0.2) is 97.1 Å². The third-order valence-electron chi connectivity index (χ3n) is 8.82. The van der Waals surface area contributed by atoms with Gasteiger partial charge in [-0.15, -0.1) is 0 Å². The third-order valence-corrected chi connectivity index (χ3v) is 8.82. The van der Waals surface area contributed by atoms with E-state index < -0.39 is 0 Å². The summed E-state index contributed by atoms with van der Waals surface area (Å²) in [5.74, 6) is 3.22. The van der Waals surface area contributed by atoms with E-state index in [1.165, 1.54) is 22.3 Å². The second kappa shape index (κ2) is 13.3. The number of hydrogen-bond donors (Lipinski definition) is 0. The van der Waals surface area contributed by atoms with Gasteiger partial charge in [0.15, 0.2) is 0 Å². The van der Waals surface area contributed by atoms with Crippen LogP contribution in [0.2, 0.25) is 0 Å². The highest BCUT2D eigenvalue weighted by molar-refractivity contribution is 5.48. The number of ether oxygens (including phenoxy) is 8. The Bertz CT molecular complexity index is 1430. The average Bonchev–Trinajstić information content (AvgIpc) is 3.99. The summed E-state index contributed by atoms with van der Waals surface area (Å²) in [6.07, 6.45) is 1.90. The van der Waals surface area contributed by atoms with E-state index in [0.717, 1.165) is 62.3 Å². The lowest BCUT2D eigenvalue weighted by molar-refractivity contribution is -0.165. The van der Waals surface area contributed by atoms with Gasteiger partial charge in [-0.1, -0.05) is 48.5 Å². The molecule has 4 aliphatic heterocycles. The maximum Gasteiger partial charge on any atom is 0.202 e. The predicted molar refractivity (Wildman–Crippen MR) is 170 cm³/mol. The molecular weight excluding hydrogens is 584 g/mol. The van der Waals surface area contributed by atoms with E-state index in [1.807, 2.05) is 24.3 Å². The smallest absolute Gasteiger partial charge is 0.202 e. The summed E-state index contributed by atoms with van der Waals surface area (Å²) in [6, 6.07) is 33.7. The van der Waals surface area contributed by atoms with E-state index in [4.69, 9.17) is 37.9 Å². The highest BCUT2D eigenvalue weighted by Gasteiger charge is 2.30.